The second-order valence-electron chi connectivity index (χ2n) is 6.11. The minimum Gasteiger partial charge on any atom is -0.371 e. The van der Waals surface area contributed by atoms with E-state index in [9.17, 15) is 5.11 Å². The van der Waals surface area contributed by atoms with Crippen molar-refractivity contribution < 1.29 is 5.11 Å². The molecule has 0 saturated heterocycles. The molecule has 1 fully saturated rings. The van der Waals surface area contributed by atoms with Gasteiger partial charge in [0.15, 0.2) is 0 Å². The fourth-order valence-corrected chi connectivity index (χ4v) is 3.30. The van der Waals surface area contributed by atoms with Crippen molar-refractivity contribution in [2.45, 2.75) is 37.5 Å². The first-order chi connectivity index (χ1) is 11.2. The van der Waals surface area contributed by atoms with Gasteiger partial charge in [0, 0.05) is 17.8 Å². The number of benzene rings is 1. The SMILES string of the molecule is OC1(Nc2ncccn2)CCC(n2ncc3ccccc32)CC1. The Labute approximate surface area is 134 Å². The van der Waals surface area contributed by atoms with Gasteiger partial charge in [-0.25, -0.2) is 9.97 Å². The van der Waals surface area contributed by atoms with E-state index in [1.807, 2.05) is 18.3 Å². The molecule has 4 rings (SSSR count). The monoisotopic (exact) mass is 309 g/mol. The number of nitrogens with zero attached hydrogens (tertiary/aromatic N) is 4. The van der Waals surface area contributed by atoms with E-state index >= 15 is 0 Å². The van der Waals surface area contributed by atoms with Crippen molar-refractivity contribution in [3.8, 4) is 0 Å². The molecule has 3 aromatic rings. The second-order valence-corrected chi connectivity index (χ2v) is 6.11. The molecule has 6 heteroatoms. The van der Waals surface area contributed by atoms with Crippen molar-refractivity contribution in [3.05, 3.63) is 48.9 Å². The third-order valence-electron chi connectivity index (χ3n) is 4.54. The smallest absolute Gasteiger partial charge is 0.224 e. The third kappa shape index (κ3) is 2.77. The molecule has 0 bridgehead atoms. The Balaban J connectivity index is 1.48. The number of para-hydroxylation sites is 1. The minimum atomic E-state index is -0.944. The number of hydrogen-bond acceptors (Lipinski definition) is 5. The first-order valence-electron chi connectivity index (χ1n) is 7.93. The van der Waals surface area contributed by atoms with Crippen LogP contribution in [0.15, 0.2) is 48.9 Å². The lowest BCUT2D eigenvalue weighted by molar-refractivity contribution is 0.0170. The fraction of sp³-hybridized carbons (Fsp3) is 0.353. The highest BCUT2D eigenvalue weighted by molar-refractivity contribution is 5.78. The Morgan fingerprint density at radius 3 is 2.61 bits per heavy atom. The molecule has 0 unspecified atom stereocenters. The Morgan fingerprint density at radius 1 is 1.09 bits per heavy atom. The molecule has 1 aromatic carbocycles. The number of hydrogen-bond donors (Lipinski definition) is 2. The molecule has 6 nitrogen and oxygen atoms in total. The quantitative estimate of drug-likeness (QED) is 0.728. The molecule has 2 N–H and O–H groups in total. The van der Waals surface area contributed by atoms with Crippen LogP contribution in [0.25, 0.3) is 10.9 Å². The minimum absolute atomic E-state index is 0.314. The van der Waals surface area contributed by atoms with E-state index in [2.05, 4.69) is 37.2 Å². The predicted octanol–water partition coefficient (Wildman–Crippen LogP) is 2.74. The molecular weight excluding hydrogens is 290 g/mol. The first-order valence-corrected chi connectivity index (χ1v) is 7.93. The van der Waals surface area contributed by atoms with Crippen molar-refractivity contribution in [2.24, 2.45) is 0 Å². The van der Waals surface area contributed by atoms with Gasteiger partial charge in [-0.2, -0.15) is 5.10 Å². The van der Waals surface area contributed by atoms with E-state index in [1.165, 1.54) is 0 Å². The summed E-state index contributed by atoms with van der Waals surface area (Å²) in [4.78, 5) is 8.26. The number of nitrogens with one attached hydrogen (secondary N) is 1. The Hall–Kier alpha value is -2.47. The fourth-order valence-electron chi connectivity index (χ4n) is 3.30. The Kier molecular flexibility index (Phi) is 3.46. The number of aromatic nitrogens is 4. The van der Waals surface area contributed by atoms with Crippen molar-refractivity contribution in [1.82, 2.24) is 19.7 Å². The zero-order valence-electron chi connectivity index (χ0n) is 12.8. The summed E-state index contributed by atoms with van der Waals surface area (Å²) in [6.45, 7) is 0. The van der Waals surface area contributed by atoms with Gasteiger partial charge < -0.3 is 10.4 Å². The van der Waals surface area contributed by atoms with Crippen molar-refractivity contribution in [1.29, 1.82) is 0 Å². The Morgan fingerprint density at radius 2 is 1.83 bits per heavy atom. The molecule has 118 valence electrons. The summed E-state index contributed by atoms with van der Waals surface area (Å²) in [6, 6.07) is 10.3. The van der Waals surface area contributed by atoms with Crippen LogP contribution in [0, 0.1) is 0 Å². The maximum Gasteiger partial charge on any atom is 0.224 e. The van der Waals surface area contributed by atoms with E-state index < -0.39 is 5.72 Å². The number of fused-ring (bicyclic) bond motifs is 1. The van der Waals surface area contributed by atoms with Gasteiger partial charge in [0.25, 0.3) is 0 Å². The molecule has 1 aliphatic carbocycles. The van der Waals surface area contributed by atoms with E-state index in [1.54, 1.807) is 18.5 Å². The summed E-state index contributed by atoms with van der Waals surface area (Å²) >= 11 is 0. The van der Waals surface area contributed by atoms with Crippen LogP contribution in [0.4, 0.5) is 5.95 Å². The van der Waals surface area contributed by atoms with Gasteiger partial charge in [0.2, 0.25) is 5.95 Å². The highest BCUT2D eigenvalue weighted by Crippen LogP contribution is 2.36. The van der Waals surface area contributed by atoms with Gasteiger partial charge in [0.1, 0.15) is 5.72 Å². The second kappa shape index (κ2) is 5.62. The zero-order chi connectivity index (χ0) is 15.7. The largest absolute Gasteiger partial charge is 0.371 e. The first kappa shape index (κ1) is 14.1. The molecule has 1 aliphatic rings. The van der Waals surface area contributed by atoms with Gasteiger partial charge >= 0.3 is 0 Å². The van der Waals surface area contributed by atoms with Gasteiger partial charge in [-0.1, -0.05) is 18.2 Å². The summed E-state index contributed by atoms with van der Waals surface area (Å²) in [6.07, 6.45) is 8.25. The molecule has 23 heavy (non-hydrogen) atoms. The zero-order valence-corrected chi connectivity index (χ0v) is 12.8. The summed E-state index contributed by atoms with van der Waals surface area (Å²) in [5, 5.41) is 19.5. The maximum absolute atomic E-state index is 10.7. The van der Waals surface area contributed by atoms with Gasteiger partial charge in [-0.3, -0.25) is 4.68 Å². The third-order valence-corrected chi connectivity index (χ3v) is 4.54. The van der Waals surface area contributed by atoms with Crippen LogP contribution in [0.3, 0.4) is 0 Å². The van der Waals surface area contributed by atoms with Crippen LogP contribution >= 0.6 is 0 Å². The topological polar surface area (TPSA) is 75.9 Å². The predicted molar refractivity (Wildman–Crippen MR) is 87.8 cm³/mol. The van der Waals surface area contributed by atoms with Crippen molar-refractivity contribution in [3.63, 3.8) is 0 Å². The highest BCUT2D eigenvalue weighted by atomic mass is 16.3. The molecule has 0 amide bonds. The Bertz CT molecular complexity index is 793. The van der Waals surface area contributed by atoms with Crippen LogP contribution in [0.2, 0.25) is 0 Å². The summed E-state index contributed by atoms with van der Waals surface area (Å²) < 4.78 is 2.09. The molecule has 1 saturated carbocycles. The molecule has 0 spiro atoms. The summed E-state index contributed by atoms with van der Waals surface area (Å²) in [7, 11) is 0. The average Bonchev–Trinajstić information content (AvgIpc) is 3.00. The van der Waals surface area contributed by atoms with E-state index in [0.29, 0.717) is 24.8 Å². The van der Waals surface area contributed by atoms with Crippen LogP contribution in [-0.4, -0.2) is 30.6 Å². The van der Waals surface area contributed by atoms with Crippen LogP contribution in [0.1, 0.15) is 31.7 Å². The number of anilines is 1. The van der Waals surface area contributed by atoms with Gasteiger partial charge in [-0.05, 0) is 37.8 Å². The van der Waals surface area contributed by atoms with E-state index in [4.69, 9.17) is 0 Å². The molecule has 0 radical (unpaired) electrons. The lowest BCUT2D eigenvalue weighted by Crippen LogP contribution is -2.42. The van der Waals surface area contributed by atoms with Gasteiger partial charge in [-0.15, -0.1) is 0 Å². The average molecular weight is 309 g/mol. The molecule has 2 heterocycles. The molecule has 0 atom stereocenters. The highest BCUT2D eigenvalue weighted by Gasteiger charge is 2.35. The summed E-state index contributed by atoms with van der Waals surface area (Å²) in [5.41, 5.74) is 0.211. The van der Waals surface area contributed by atoms with Crippen LogP contribution in [0.5, 0.6) is 0 Å². The van der Waals surface area contributed by atoms with Gasteiger partial charge in [0.05, 0.1) is 17.8 Å². The molecular formula is C17H19N5O. The molecule has 2 aromatic heterocycles. The summed E-state index contributed by atoms with van der Waals surface area (Å²) in [5.74, 6) is 0.470. The van der Waals surface area contributed by atoms with Crippen molar-refractivity contribution >= 4 is 16.9 Å². The van der Waals surface area contributed by atoms with Crippen molar-refractivity contribution in [2.75, 3.05) is 5.32 Å². The van der Waals surface area contributed by atoms with E-state index in [0.717, 1.165) is 23.7 Å². The van der Waals surface area contributed by atoms with E-state index in [-0.39, 0.29) is 0 Å². The van der Waals surface area contributed by atoms with Crippen LogP contribution in [-0.2, 0) is 0 Å². The standard InChI is InChI=1S/C17H19N5O/c23-17(21-16-18-10-3-11-19-16)8-6-14(7-9-17)22-15-5-2-1-4-13(15)12-20-22/h1-5,10-12,14,23H,6-9H2,(H,18,19,21). The number of aliphatic hydroxyl groups is 1. The lowest BCUT2D eigenvalue weighted by Gasteiger charge is -2.36. The van der Waals surface area contributed by atoms with Crippen LogP contribution < -0.4 is 5.32 Å². The maximum atomic E-state index is 10.7. The molecule has 0 aliphatic heterocycles. The number of rotatable bonds is 3. The normalized spacial score (nSPS) is 24.7. The lowest BCUT2D eigenvalue weighted by atomic mass is 9.88.